The molecule has 0 radical (unpaired) electrons. The lowest BCUT2D eigenvalue weighted by Gasteiger charge is -2.34. The van der Waals surface area contributed by atoms with Crippen LogP contribution in [0.1, 0.15) is 101 Å². The van der Waals surface area contributed by atoms with Gasteiger partial charge in [-0.25, -0.2) is 0 Å². The van der Waals surface area contributed by atoms with E-state index in [0.29, 0.717) is 82.6 Å². The minimum Gasteiger partial charge on any atom is -0.493 e. The number of anilines is 4. The van der Waals surface area contributed by atoms with Crippen molar-refractivity contribution in [3.05, 3.63) is 148 Å². The molecule has 0 fully saturated rings. The van der Waals surface area contributed by atoms with Crippen molar-refractivity contribution in [2.45, 2.75) is 103 Å². The van der Waals surface area contributed by atoms with Gasteiger partial charge >= 0.3 is 0 Å². The lowest BCUT2D eigenvalue weighted by molar-refractivity contribution is -0.118. The first-order valence-corrected chi connectivity index (χ1v) is 29.8. The molecule has 78 heavy (non-hydrogen) atoms. The summed E-state index contributed by atoms with van der Waals surface area (Å²) in [6, 6.07) is 31.0. The Labute approximate surface area is 469 Å². The summed E-state index contributed by atoms with van der Waals surface area (Å²) in [6.45, 7) is 13.4. The molecule has 0 aromatic heterocycles. The summed E-state index contributed by atoms with van der Waals surface area (Å²) in [7, 11) is 8.96. The monoisotopic (exact) mass is 1100 g/mol. The Balaban J connectivity index is 0.989. The van der Waals surface area contributed by atoms with Crippen LogP contribution in [0.2, 0.25) is 0 Å². The summed E-state index contributed by atoms with van der Waals surface area (Å²) < 4.78 is 36.4. The van der Waals surface area contributed by atoms with Gasteiger partial charge in [0.15, 0.2) is 11.5 Å². The smallest absolute Gasteiger partial charge is 0.260 e. The number of hydrogen-bond donors (Lipinski definition) is 0. The second-order valence-electron chi connectivity index (χ2n) is 21.3. The van der Waals surface area contributed by atoms with Crippen LogP contribution in [0, 0.1) is 6.92 Å². The summed E-state index contributed by atoms with van der Waals surface area (Å²) >= 11 is 0. The van der Waals surface area contributed by atoms with Crippen molar-refractivity contribution in [1.82, 2.24) is 0 Å². The van der Waals surface area contributed by atoms with Gasteiger partial charge in [-0.05, 0) is 142 Å². The normalized spacial score (nSPS) is 16.5. The van der Waals surface area contributed by atoms with Crippen LogP contribution in [0.25, 0.3) is 0 Å². The number of para-hydroxylation sites is 2. The van der Waals surface area contributed by atoms with Crippen molar-refractivity contribution in [2.24, 2.45) is 0 Å². The molecule has 5 aromatic carbocycles. The second-order valence-corrected chi connectivity index (χ2v) is 24.5. The van der Waals surface area contributed by atoms with Crippen LogP contribution in [-0.4, -0.2) is 114 Å². The zero-order valence-electron chi connectivity index (χ0n) is 46.5. The predicted octanol–water partition coefficient (Wildman–Crippen LogP) is 11.7. The molecule has 2 amide bonds. The van der Waals surface area contributed by atoms with Crippen LogP contribution >= 0.6 is 21.6 Å². The molecule has 414 valence electrons. The van der Waals surface area contributed by atoms with E-state index in [1.54, 1.807) is 14.2 Å². The molecular formula is C63H76N4O9S2. The number of carbonyl (C=O) groups is 3. The summed E-state index contributed by atoms with van der Waals surface area (Å²) in [6.07, 6.45) is 9.08. The molecule has 4 aliphatic heterocycles. The second kappa shape index (κ2) is 26.3. The predicted molar refractivity (Wildman–Crippen MR) is 316 cm³/mol. The number of ketones is 1. The summed E-state index contributed by atoms with van der Waals surface area (Å²) in [5.41, 5.74) is 11.3. The Bertz CT molecular complexity index is 2960. The number of rotatable bonds is 27. The Hall–Kier alpha value is -5.97. The highest BCUT2D eigenvalue weighted by atomic mass is 33.1. The zero-order valence-corrected chi connectivity index (χ0v) is 48.1. The van der Waals surface area contributed by atoms with E-state index in [9.17, 15) is 14.4 Å². The van der Waals surface area contributed by atoms with Gasteiger partial charge in [-0.2, -0.15) is 0 Å². The van der Waals surface area contributed by atoms with E-state index in [4.69, 9.17) is 28.4 Å². The molecule has 0 bridgehead atoms. The molecule has 0 saturated carbocycles. The average molecular weight is 1100 g/mol. The van der Waals surface area contributed by atoms with Gasteiger partial charge < -0.3 is 48.0 Å². The van der Waals surface area contributed by atoms with Crippen molar-refractivity contribution in [1.29, 1.82) is 0 Å². The van der Waals surface area contributed by atoms with Gasteiger partial charge in [0.25, 0.3) is 11.8 Å². The van der Waals surface area contributed by atoms with E-state index >= 15 is 0 Å². The lowest BCUT2D eigenvalue weighted by Crippen LogP contribution is -2.41. The minimum absolute atomic E-state index is 0.00685. The fourth-order valence-corrected chi connectivity index (χ4v) is 13.8. The van der Waals surface area contributed by atoms with Crippen LogP contribution in [0.5, 0.6) is 17.2 Å². The average Bonchev–Trinajstić information content (AvgIpc) is 3.99. The van der Waals surface area contributed by atoms with Gasteiger partial charge in [0.1, 0.15) is 24.7 Å². The third kappa shape index (κ3) is 13.5. The molecule has 0 N–H and O–H groups in total. The Morgan fingerprint density at radius 1 is 0.744 bits per heavy atom. The number of hydrogen-bond acceptors (Lipinski definition) is 13. The number of methoxy groups -OCH3 is 2. The highest BCUT2D eigenvalue weighted by molar-refractivity contribution is 8.77. The third-order valence-electron chi connectivity index (χ3n) is 15.0. The van der Waals surface area contributed by atoms with Crippen LogP contribution < -0.4 is 33.8 Å². The molecule has 0 aliphatic carbocycles. The maximum absolute atomic E-state index is 14.4. The largest absolute Gasteiger partial charge is 0.493 e. The number of benzene rings is 5. The maximum atomic E-state index is 14.4. The van der Waals surface area contributed by atoms with Gasteiger partial charge in [-0.1, -0.05) is 70.1 Å². The van der Waals surface area contributed by atoms with Gasteiger partial charge in [0.05, 0.1) is 57.4 Å². The SMILES string of the molecule is CC=CCC(=O)CCCSSC(C)(C)CN(CCOCCOCCOC)c1cc(COc2cc3c(cc2C)C(=O)N2c4ccccc4C[C@H]2CC3)cc(COc2cc3c(cc2OC)C(=O)N2c4ccccc4C[C@H]2CN3C)c1. The summed E-state index contributed by atoms with van der Waals surface area (Å²) in [5.74, 6) is 2.92. The van der Waals surface area contributed by atoms with Crippen molar-refractivity contribution in [3.63, 3.8) is 0 Å². The number of amides is 2. The van der Waals surface area contributed by atoms with Crippen LogP contribution in [0.15, 0.2) is 103 Å². The molecule has 4 heterocycles. The van der Waals surface area contributed by atoms with Gasteiger partial charge in [-0.3, -0.25) is 14.4 Å². The van der Waals surface area contributed by atoms with Crippen molar-refractivity contribution in [2.75, 3.05) is 99.3 Å². The Kier molecular flexibility index (Phi) is 19.2. The van der Waals surface area contributed by atoms with Crippen molar-refractivity contribution in [3.8, 4) is 17.2 Å². The number of aryl methyl sites for hydroxylation is 2. The molecule has 2 atom stereocenters. The first-order chi connectivity index (χ1) is 37.8. The first-order valence-electron chi connectivity index (χ1n) is 27.5. The number of nitrogens with zero attached hydrogens (tertiary/aromatic N) is 4. The molecule has 0 unspecified atom stereocenters. The highest BCUT2D eigenvalue weighted by Crippen LogP contribution is 2.44. The zero-order chi connectivity index (χ0) is 54.8. The third-order valence-corrected chi connectivity index (χ3v) is 18.3. The molecule has 0 spiro atoms. The van der Waals surface area contributed by atoms with E-state index in [0.717, 1.165) is 94.2 Å². The highest BCUT2D eigenvalue weighted by Gasteiger charge is 2.40. The number of allylic oxidation sites excluding steroid dienone is 2. The molecule has 15 heteroatoms. The number of carbonyl (C=O) groups excluding carboxylic acids is 3. The number of ether oxygens (including phenoxy) is 6. The van der Waals surface area contributed by atoms with Crippen molar-refractivity contribution < 1.29 is 42.8 Å². The fourth-order valence-electron chi connectivity index (χ4n) is 11.2. The maximum Gasteiger partial charge on any atom is 0.260 e. The van der Waals surface area contributed by atoms with E-state index in [1.807, 2.05) is 107 Å². The van der Waals surface area contributed by atoms with E-state index in [1.165, 1.54) is 11.1 Å². The minimum atomic E-state index is -0.199. The first kappa shape index (κ1) is 56.7. The lowest BCUT2D eigenvalue weighted by atomic mass is 9.98. The van der Waals surface area contributed by atoms with Gasteiger partial charge in [0.2, 0.25) is 0 Å². The Morgan fingerprint density at radius 2 is 1.40 bits per heavy atom. The topological polar surface area (TPSA) is 120 Å². The molecule has 4 aliphatic rings. The molecule has 0 saturated heterocycles. The standard InChI is InChI=1S/C63H76N4O9S2/c1-8-9-17-52(68)18-14-29-77-78-63(3,4)42-65(23-24-73-27-28-74-26-25-71-6)50-32-44(40-75-58-36-46-21-22-49-34-47-15-10-12-19-55(47)66(49)61(69)53(46)30-43(58)2)31-45(33-50)41-76-60-38-57-54(37-59(60)72-7)62(70)67-51(39-64(57)5)35-48-16-11-13-20-56(48)67/h8-13,15-16,19-20,30-33,36-38,49,51H,14,17-18,21-29,34-35,39-42H2,1-7H3/t49-,51+/m1/s1. The van der Waals surface area contributed by atoms with E-state index in [2.05, 4.69) is 72.2 Å². The van der Waals surface area contributed by atoms with Crippen molar-refractivity contribution >= 4 is 61.9 Å². The van der Waals surface area contributed by atoms with Gasteiger partial charge in [0, 0.05) is 91.9 Å². The van der Waals surface area contributed by atoms with Crippen LogP contribution in [0.4, 0.5) is 22.7 Å². The molecule has 9 rings (SSSR count). The van der Waals surface area contributed by atoms with E-state index < -0.39 is 0 Å². The van der Waals surface area contributed by atoms with Gasteiger partial charge in [-0.15, -0.1) is 0 Å². The number of likely N-dealkylation sites (N-methyl/N-ethyl adjacent to an activating group) is 1. The summed E-state index contributed by atoms with van der Waals surface area (Å²) in [4.78, 5) is 49.6. The number of fused-ring (bicyclic) bond motifs is 8. The number of Topliss-reactive ketones (excluding diaryl/α,β-unsaturated/α-hetero) is 1. The van der Waals surface area contributed by atoms with E-state index in [-0.39, 0.29) is 47.6 Å². The Morgan fingerprint density at radius 3 is 2.10 bits per heavy atom. The van der Waals surface area contributed by atoms with Crippen LogP contribution in [0.3, 0.4) is 0 Å². The quantitative estimate of drug-likeness (QED) is 0.0282. The fraction of sp³-hybridized carbons (Fsp3) is 0.444. The summed E-state index contributed by atoms with van der Waals surface area (Å²) in [5, 5.41) is 0. The molecular weight excluding hydrogens is 1020 g/mol. The molecule has 13 nitrogen and oxygen atoms in total. The molecule has 5 aromatic rings. The van der Waals surface area contributed by atoms with Crippen LogP contribution in [-0.2, 0) is 51.5 Å².